The Morgan fingerprint density at radius 1 is 1.38 bits per heavy atom. The minimum Gasteiger partial charge on any atom is -0.478 e. The van der Waals surface area contributed by atoms with E-state index in [2.05, 4.69) is 5.32 Å². The summed E-state index contributed by atoms with van der Waals surface area (Å²) in [6.07, 6.45) is 0. The molecule has 0 saturated heterocycles. The lowest BCUT2D eigenvalue weighted by atomic mass is 10.1. The predicted octanol–water partition coefficient (Wildman–Crippen LogP) is 3.93. The Bertz CT molecular complexity index is 691. The molecule has 110 valence electrons. The lowest BCUT2D eigenvalue weighted by Gasteiger charge is -2.19. The third-order valence-electron chi connectivity index (χ3n) is 3.05. The molecule has 0 saturated carbocycles. The van der Waals surface area contributed by atoms with Gasteiger partial charge in [0.25, 0.3) is 0 Å². The van der Waals surface area contributed by atoms with Crippen molar-refractivity contribution in [2.45, 2.75) is 13.0 Å². The van der Waals surface area contributed by atoms with E-state index in [4.69, 9.17) is 17.3 Å². The van der Waals surface area contributed by atoms with Gasteiger partial charge in [-0.25, -0.2) is 9.18 Å². The normalized spacial score (nSPS) is 12.0. The van der Waals surface area contributed by atoms with Crippen molar-refractivity contribution >= 4 is 28.9 Å². The molecule has 0 aliphatic carbocycles. The zero-order chi connectivity index (χ0) is 15.6. The Kier molecular flexibility index (Phi) is 4.33. The molecule has 6 heteroatoms. The highest BCUT2D eigenvalue weighted by Gasteiger charge is 2.17. The van der Waals surface area contributed by atoms with Gasteiger partial charge in [-0.1, -0.05) is 23.7 Å². The summed E-state index contributed by atoms with van der Waals surface area (Å²) in [5.41, 5.74) is 6.78. The fraction of sp³-hybridized carbons (Fsp3) is 0.133. The van der Waals surface area contributed by atoms with Gasteiger partial charge in [-0.05, 0) is 36.8 Å². The van der Waals surface area contributed by atoms with Crippen LogP contribution < -0.4 is 11.1 Å². The van der Waals surface area contributed by atoms with Crippen molar-refractivity contribution in [3.8, 4) is 0 Å². The van der Waals surface area contributed by atoms with Gasteiger partial charge < -0.3 is 16.2 Å². The van der Waals surface area contributed by atoms with Crippen LogP contribution in [0.15, 0.2) is 36.4 Å². The molecule has 0 aromatic heterocycles. The van der Waals surface area contributed by atoms with E-state index in [-0.39, 0.29) is 33.8 Å². The van der Waals surface area contributed by atoms with E-state index in [9.17, 15) is 14.3 Å². The number of hydrogen-bond donors (Lipinski definition) is 3. The fourth-order valence-corrected chi connectivity index (χ4v) is 2.30. The van der Waals surface area contributed by atoms with Crippen molar-refractivity contribution in [1.29, 1.82) is 0 Å². The highest BCUT2D eigenvalue weighted by molar-refractivity contribution is 6.34. The monoisotopic (exact) mass is 308 g/mol. The molecule has 21 heavy (non-hydrogen) atoms. The molecule has 0 amide bonds. The first kappa shape index (κ1) is 15.1. The van der Waals surface area contributed by atoms with Crippen LogP contribution in [-0.4, -0.2) is 11.1 Å². The summed E-state index contributed by atoms with van der Waals surface area (Å²) in [4.78, 5) is 11.3. The molecule has 0 fully saturated rings. The van der Waals surface area contributed by atoms with Crippen LogP contribution in [0.25, 0.3) is 0 Å². The van der Waals surface area contributed by atoms with E-state index in [0.717, 1.165) is 0 Å². The highest BCUT2D eigenvalue weighted by atomic mass is 35.5. The fourth-order valence-electron chi connectivity index (χ4n) is 2.02. The molecule has 2 aromatic carbocycles. The van der Waals surface area contributed by atoms with Gasteiger partial charge in [-0.2, -0.15) is 0 Å². The van der Waals surface area contributed by atoms with Crippen LogP contribution in [0.3, 0.4) is 0 Å². The summed E-state index contributed by atoms with van der Waals surface area (Å²) >= 11 is 6.06. The zero-order valence-electron chi connectivity index (χ0n) is 11.2. The van der Waals surface area contributed by atoms with Crippen molar-refractivity contribution in [2.24, 2.45) is 0 Å². The maximum atomic E-state index is 13.2. The van der Waals surface area contributed by atoms with E-state index in [1.165, 1.54) is 24.3 Å². The number of halogens is 2. The summed E-state index contributed by atoms with van der Waals surface area (Å²) in [6, 6.07) is 8.53. The van der Waals surface area contributed by atoms with Crippen molar-refractivity contribution in [3.05, 3.63) is 58.4 Å². The van der Waals surface area contributed by atoms with Gasteiger partial charge in [0.1, 0.15) is 5.82 Å². The van der Waals surface area contributed by atoms with Crippen LogP contribution in [0.5, 0.6) is 0 Å². The van der Waals surface area contributed by atoms with Crippen molar-refractivity contribution in [3.63, 3.8) is 0 Å². The number of anilines is 2. The minimum absolute atomic E-state index is 0.0248. The Morgan fingerprint density at radius 2 is 2.10 bits per heavy atom. The van der Waals surface area contributed by atoms with Gasteiger partial charge in [0.05, 0.1) is 16.3 Å². The third kappa shape index (κ3) is 3.44. The van der Waals surface area contributed by atoms with Gasteiger partial charge in [-0.15, -0.1) is 0 Å². The molecule has 0 aliphatic rings. The molecular weight excluding hydrogens is 295 g/mol. The molecule has 0 bridgehead atoms. The smallest absolute Gasteiger partial charge is 0.337 e. The van der Waals surface area contributed by atoms with Crippen LogP contribution in [0.1, 0.15) is 28.9 Å². The first-order valence-electron chi connectivity index (χ1n) is 6.23. The standard InChI is InChI=1S/C15H14ClFN2O2/c1-8(9-3-2-4-10(17)5-9)19-14-12(15(20)21)6-11(18)7-13(14)16/h2-8,19H,18H2,1H3,(H,20,21). The Morgan fingerprint density at radius 3 is 2.71 bits per heavy atom. The highest BCUT2D eigenvalue weighted by Crippen LogP contribution is 2.32. The number of carbonyl (C=O) groups is 1. The summed E-state index contributed by atoms with van der Waals surface area (Å²) in [5, 5.41) is 12.4. The average Bonchev–Trinajstić information content (AvgIpc) is 2.41. The maximum absolute atomic E-state index is 13.2. The molecule has 0 heterocycles. The summed E-state index contributed by atoms with van der Waals surface area (Å²) < 4.78 is 13.2. The number of benzene rings is 2. The molecule has 0 spiro atoms. The number of hydrogen-bond acceptors (Lipinski definition) is 3. The van der Waals surface area contributed by atoms with Gasteiger partial charge >= 0.3 is 5.97 Å². The quantitative estimate of drug-likeness (QED) is 0.748. The topological polar surface area (TPSA) is 75.3 Å². The molecular formula is C15H14ClFN2O2. The Hall–Kier alpha value is -2.27. The molecule has 4 N–H and O–H groups in total. The number of carboxylic acid groups (broad SMARTS) is 1. The summed E-state index contributed by atoms with van der Waals surface area (Å²) in [5.74, 6) is -1.50. The summed E-state index contributed by atoms with van der Waals surface area (Å²) in [7, 11) is 0. The van der Waals surface area contributed by atoms with Crippen LogP contribution in [0.2, 0.25) is 5.02 Å². The van der Waals surface area contributed by atoms with E-state index in [0.29, 0.717) is 5.56 Å². The molecule has 0 radical (unpaired) electrons. The van der Waals surface area contributed by atoms with Crippen LogP contribution >= 0.6 is 11.6 Å². The van der Waals surface area contributed by atoms with Crippen molar-refractivity contribution < 1.29 is 14.3 Å². The number of carboxylic acids is 1. The van der Waals surface area contributed by atoms with E-state index < -0.39 is 5.97 Å². The second-order valence-electron chi connectivity index (χ2n) is 4.65. The SMILES string of the molecule is CC(Nc1c(Cl)cc(N)cc1C(=O)O)c1cccc(F)c1. The molecule has 2 rings (SSSR count). The average molecular weight is 309 g/mol. The summed E-state index contributed by atoms with van der Waals surface area (Å²) in [6.45, 7) is 1.78. The van der Waals surface area contributed by atoms with E-state index in [1.54, 1.807) is 19.1 Å². The molecule has 4 nitrogen and oxygen atoms in total. The van der Waals surface area contributed by atoms with Gasteiger partial charge in [-0.3, -0.25) is 0 Å². The van der Waals surface area contributed by atoms with Crippen LogP contribution in [0.4, 0.5) is 15.8 Å². The minimum atomic E-state index is -1.14. The largest absolute Gasteiger partial charge is 0.478 e. The third-order valence-corrected chi connectivity index (χ3v) is 3.35. The molecule has 1 unspecified atom stereocenters. The zero-order valence-corrected chi connectivity index (χ0v) is 12.0. The van der Waals surface area contributed by atoms with Crippen LogP contribution in [-0.2, 0) is 0 Å². The Balaban J connectivity index is 2.37. The number of nitrogen functional groups attached to an aromatic ring is 1. The predicted molar refractivity (Wildman–Crippen MR) is 81.3 cm³/mol. The maximum Gasteiger partial charge on any atom is 0.337 e. The van der Waals surface area contributed by atoms with Crippen molar-refractivity contribution in [2.75, 3.05) is 11.1 Å². The van der Waals surface area contributed by atoms with E-state index >= 15 is 0 Å². The lowest BCUT2D eigenvalue weighted by molar-refractivity contribution is 0.0698. The number of aromatic carboxylic acids is 1. The molecule has 0 aliphatic heterocycles. The first-order valence-corrected chi connectivity index (χ1v) is 6.60. The number of nitrogens with two attached hydrogens (primary N) is 1. The first-order chi connectivity index (χ1) is 9.88. The molecule has 1 atom stereocenters. The van der Waals surface area contributed by atoms with Gasteiger partial charge in [0, 0.05) is 11.7 Å². The molecule has 2 aromatic rings. The van der Waals surface area contributed by atoms with Gasteiger partial charge in [0.15, 0.2) is 0 Å². The van der Waals surface area contributed by atoms with Crippen molar-refractivity contribution in [1.82, 2.24) is 0 Å². The lowest BCUT2D eigenvalue weighted by Crippen LogP contribution is -2.12. The number of nitrogens with one attached hydrogen (secondary N) is 1. The van der Waals surface area contributed by atoms with E-state index in [1.807, 2.05) is 0 Å². The second-order valence-corrected chi connectivity index (χ2v) is 5.06. The van der Waals surface area contributed by atoms with Crippen LogP contribution in [0, 0.1) is 5.82 Å². The second kappa shape index (κ2) is 6.01. The Labute approximate surface area is 126 Å². The van der Waals surface area contributed by atoms with Gasteiger partial charge in [0.2, 0.25) is 0 Å². The number of rotatable bonds is 4.